The molecule has 2 rings (SSSR count). The lowest BCUT2D eigenvalue weighted by Gasteiger charge is -2.07. The van der Waals surface area contributed by atoms with Crippen molar-refractivity contribution in [3.05, 3.63) is 38.2 Å². The minimum Gasteiger partial charge on any atom is -0.379 e. The van der Waals surface area contributed by atoms with Gasteiger partial charge in [0.1, 0.15) is 0 Å². The Kier molecular flexibility index (Phi) is 4.13. The summed E-state index contributed by atoms with van der Waals surface area (Å²) in [5.41, 5.74) is 0.996. The van der Waals surface area contributed by atoms with Gasteiger partial charge in [0.05, 0.1) is 6.54 Å². The van der Waals surface area contributed by atoms with Gasteiger partial charge < -0.3 is 5.32 Å². The summed E-state index contributed by atoms with van der Waals surface area (Å²) in [4.78, 5) is 5.99. The Balaban J connectivity index is 2.04. The maximum atomic E-state index is 5.75. The maximum Gasteiger partial charge on any atom is 0.183 e. The number of aromatic nitrogens is 1. The molecule has 0 radical (unpaired) electrons. The second-order valence-electron chi connectivity index (χ2n) is 3.09. The number of hydrogen-bond acceptors (Lipinski definition) is 4. The number of thiazole rings is 1. The second-order valence-corrected chi connectivity index (χ2v) is 6.19. The number of nitrogens with one attached hydrogen (secondary N) is 1. The number of thiol groups is 1. The van der Waals surface area contributed by atoms with Crippen molar-refractivity contribution in [2.75, 3.05) is 5.32 Å². The van der Waals surface area contributed by atoms with Crippen molar-refractivity contribution in [3.63, 3.8) is 0 Å². The van der Waals surface area contributed by atoms with Crippen LogP contribution in [0.3, 0.4) is 0 Å². The molecule has 2 aromatic rings. The van der Waals surface area contributed by atoms with Crippen molar-refractivity contribution in [2.24, 2.45) is 0 Å². The highest BCUT2D eigenvalue weighted by Crippen LogP contribution is 2.25. The van der Waals surface area contributed by atoms with Gasteiger partial charge in [0.25, 0.3) is 0 Å². The number of anilines is 1. The van der Waals surface area contributed by atoms with Crippen LogP contribution in [0.25, 0.3) is 0 Å². The molecule has 0 saturated carbocycles. The first-order chi connectivity index (χ1) is 7.65. The molecule has 2 nitrogen and oxygen atoms in total. The summed E-state index contributed by atoms with van der Waals surface area (Å²) >= 11 is 15.0. The Bertz CT molecular complexity index is 501. The highest BCUT2D eigenvalue weighted by atomic mass is 79.9. The topological polar surface area (TPSA) is 24.9 Å². The van der Waals surface area contributed by atoms with Gasteiger partial charge in [0, 0.05) is 26.1 Å². The second kappa shape index (κ2) is 5.40. The minimum atomic E-state index is 0.568. The molecule has 0 amide bonds. The zero-order valence-corrected chi connectivity index (χ0v) is 12.1. The van der Waals surface area contributed by atoms with E-state index in [0.717, 1.165) is 19.9 Å². The molecule has 1 aromatic heterocycles. The first-order valence-electron chi connectivity index (χ1n) is 4.48. The lowest BCUT2D eigenvalue weighted by Crippen LogP contribution is -1.98. The van der Waals surface area contributed by atoms with E-state index in [4.69, 9.17) is 11.6 Å². The smallest absolute Gasteiger partial charge is 0.183 e. The van der Waals surface area contributed by atoms with Crippen LogP contribution >= 0.6 is 51.5 Å². The normalized spacial score (nSPS) is 10.4. The zero-order chi connectivity index (χ0) is 11.5. The van der Waals surface area contributed by atoms with Crippen LogP contribution in [0.2, 0.25) is 4.47 Å². The molecule has 0 aliphatic carbocycles. The predicted molar refractivity (Wildman–Crippen MR) is 75.8 cm³/mol. The van der Waals surface area contributed by atoms with Gasteiger partial charge in [-0.25, -0.2) is 4.98 Å². The number of nitrogens with zero attached hydrogens (tertiary/aromatic N) is 1. The summed E-state index contributed by atoms with van der Waals surface area (Å²) in [5, 5.41) is 3.28. The maximum absolute atomic E-state index is 5.75. The van der Waals surface area contributed by atoms with Crippen LogP contribution in [0.15, 0.2) is 33.8 Å². The molecule has 1 N–H and O–H groups in total. The Morgan fingerprint density at radius 1 is 1.50 bits per heavy atom. The molecule has 0 spiro atoms. The fourth-order valence-corrected chi connectivity index (χ4v) is 2.95. The van der Waals surface area contributed by atoms with E-state index >= 15 is 0 Å². The van der Waals surface area contributed by atoms with E-state index in [9.17, 15) is 0 Å². The van der Waals surface area contributed by atoms with Crippen LogP contribution in [0.4, 0.5) is 5.69 Å². The lowest BCUT2D eigenvalue weighted by atomic mass is 10.3. The molecule has 0 fully saturated rings. The van der Waals surface area contributed by atoms with Gasteiger partial charge in [0.2, 0.25) is 0 Å². The third-order valence-corrected chi connectivity index (χ3v) is 3.92. The summed E-state index contributed by atoms with van der Waals surface area (Å²) in [5.74, 6) is 0. The molecule has 0 bridgehead atoms. The van der Waals surface area contributed by atoms with Crippen molar-refractivity contribution >= 4 is 57.2 Å². The molecular weight excluding hydrogens is 328 g/mol. The number of halogens is 2. The number of hydrogen-bond donors (Lipinski definition) is 2. The van der Waals surface area contributed by atoms with Crippen molar-refractivity contribution in [1.82, 2.24) is 4.98 Å². The SMILES string of the molecule is Sc1cc(Br)ccc1NCc1cnc(Cl)s1. The summed E-state index contributed by atoms with van der Waals surface area (Å²) in [7, 11) is 0. The van der Waals surface area contributed by atoms with E-state index in [-0.39, 0.29) is 0 Å². The molecule has 84 valence electrons. The van der Waals surface area contributed by atoms with Gasteiger partial charge in [-0.3, -0.25) is 0 Å². The van der Waals surface area contributed by atoms with Crippen LogP contribution in [0.1, 0.15) is 4.88 Å². The molecule has 0 unspecified atom stereocenters. The Hall–Kier alpha value is -0.230. The number of rotatable bonds is 3. The van der Waals surface area contributed by atoms with Crippen LogP contribution in [0, 0.1) is 0 Å². The van der Waals surface area contributed by atoms with Gasteiger partial charge in [-0.1, -0.05) is 27.5 Å². The van der Waals surface area contributed by atoms with Crippen molar-refractivity contribution < 1.29 is 0 Å². The number of benzene rings is 1. The van der Waals surface area contributed by atoms with E-state index in [1.54, 1.807) is 6.20 Å². The van der Waals surface area contributed by atoms with Crippen molar-refractivity contribution in [3.8, 4) is 0 Å². The lowest BCUT2D eigenvalue weighted by molar-refractivity contribution is 1.15. The standard InChI is InChI=1S/C10H8BrClN2S2/c11-6-1-2-8(9(15)3-6)13-4-7-5-14-10(12)16-7/h1-3,5,13,15H,4H2. The first-order valence-corrected chi connectivity index (χ1v) is 6.91. The molecular formula is C10H8BrClN2S2. The minimum absolute atomic E-state index is 0.568. The van der Waals surface area contributed by atoms with Gasteiger partial charge in [-0.15, -0.1) is 24.0 Å². The summed E-state index contributed by atoms with van der Waals surface area (Å²) in [6.45, 7) is 0.708. The molecule has 6 heteroatoms. The molecule has 1 heterocycles. The largest absolute Gasteiger partial charge is 0.379 e. The van der Waals surface area contributed by atoms with Crippen molar-refractivity contribution in [2.45, 2.75) is 11.4 Å². The Morgan fingerprint density at radius 3 is 2.94 bits per heavy atom. The van der Waals surface area contributed by atoms with Gasteiger partial charge in [-0.2, -0.15) is 0 Å². The average Bonchev–Trinajstić information content (AvgIpc) is 2.63. The van der Waals surface area contributed by atoms with E-state index in [2.05, 4.69) is 38.9 Å². The fourth-order valence-electron chi connectivity index (χ4n) is 1.20. The third kappa shape index (κ3) is 3.13. The van der Waals surface area contributed by atoms with Crippen molar-refractivity contribution in [1.29, 1.82) is 0 Å². The fraction of sp³-hybridized carbons (Fsp3) is 0.100. The zero-order valence-electron chi connectivity index (χ0n) is 8.08. The summed E-state index contributed by atoms with van der Waals surface area (Å²) < 4.78 is 1.59. The van der Waals surface area contributed by atoms with Crippen LogP contribution in [-0.2, 0) is 6.54 Å². The van der Waals surface area contributed by atoms with E-state index in [1.807, 2.05) is 18.2 Å². The van der Waals surface area contributed by atoms with E-state index in [1.165, 1.54) is 11.3 Å². The average molecular weight is 336 g/mol. The molecule has 16 heavy (non-hydrogen) atoms. The Labute approximate surface area is 117 Å². The molecule has 0 aliphatic heterocycles. The predicted octanol–water partition coefficient (Wildman–Crippen LogP) is 4.46. The first kappa shape index (κ1) is 12.2. The molecule has 0 aliphatic rings. The van der Waals surface area contributed by atoms with Crippen LogP contribution in [0.5, 0.6) is 0 Å². The van der Waals surface area contributed by atoms with E-state index < -0.39 is 0 Å². The molecule has 1 aromatic carbocycles. The van der Waals surface area contributed by atoms with E-state index in [0.29, 0.717) is 11.0 Å². The summed E-state index contributed by atoms with van der Waals surface area (Å²) in [6, 6.07) is 5.90. The molecule has 0 saturated heterocycles. The third-order valence-electron chi connectivity index (χ3n) is 1.94. The molecule has 0 atom stereocenters. The van der Waals surface area contributed by atoms with Gasteiger partial charge >= 0.3 is 0 Å². The monoisotopic (exact) mass is 334 g/mol. The highest BCUT2D eigenvalue weighted by Gasteiger charge is 2.02. The van der Waals surface area contributed by atoms with Gasteiger partial charge in [0.15, 0.2) is 4.47 Å². The quantitative estimate of drug-likeness (QED) is 0.810. The summed E-state index contributed by atoms with van der Waals surface area (Å²) in [6.07, 6.45) is 1.77. The van der Waals surface area contributed by atoms with Crippen LogP contribution in [-0.4, -0.2) is 4.98 Å². The van der Waals surface area contributed by atoms with Crippen LogP contribution < -0.4 is 5.32 Å². The highest BCUT2D eigenvalue weighted by molar-refractivity contribution is 9.10. The van der Waals surface area contributed by atoms with Gasteiger partial charge in [-0.05, 0) is 18.2 Å². The Morgan fingerprint density at radius 2 is 2.31 bits per heavy atom.